The molecule has 0 aromatic heterocycles. The van der Waals surface area contributed by atoms with E-state index >= 15 is 0 Å². The maximum Gasteiger partial charge on any atom is 0.412 e. The summed E-state index contributed by atoms with van der Waals surface area (Å²) < 4.78 is 11.3. The van der Waals surface area contributed by atoms with Crippen LogP contribution < -0.4 is 0 Å². The highest BCUT2D eigenvalue weighted by Crippen LogP contribution is 2.35. The van der Waals surface area contributed by atoms with Crippen LogP contribution >= 0.6 is 0 Å². The molecule has 0 aromatic carbocycles. The van der Waals surface area contributed by atoms with Crippen LogP contribution in [0.1, 0.15) is 48.0 Å². The first-order valence-electron chi connectivity index (χ1n) is 6.39. The van der Waals surface area contributed by atoms with E-state index in [1.165, 1.54) is 0 Å². The Morgan fingerprint density at radius 1 is 1.50 bits per heavy atom. The molecule has 1 amide bonds. The quantitative estimate of drug-likeness (QED) is 0.710. The molecule has 1 fully saturated rings. The third-order valence-corrected chi connectivity index (χ3v) is 2.93. The van der Waals surface area contributed by atoms with Crippen LogP contribution in [-0.4, -0.2) is 34.5 Å². The van der Waals surface area contributed by atoms with Gasteiger partial charge in [0.1, 0.15) is 11.3 Å². The van der Waals surface area contributed by atoms with E-state index in [4.69, 9.17) is 9.47 Å². The molecule has 2 atom stereocenters. The van der Waals surface area contributed by atoms with Gasteiger partial charge in [-0.1, -0.05) is 6.08 Å². The highest BCUT2D eigenvalue weighted by atomic mass is 16.6. The van der Waals surface area contributed by atoms with Crippen LogP contribution in [0.3, 0.4) is 0 Å². The van der Waals surface area contributed by atoms with E-state index in [2.05, 4.69) is 6.58 Å². The van der Waals surface area contributed by atoms with Gasteiger partial charge in [0.05, 0.1) is 12.1 Å². The first-order valence-corrected chi connectivity index (χ1v) is 6.39. The van der Waals surface area contributed by atoms with Crippen LogP contribution in [0.25, 0.3) is 0 Å². The average Bonchev–Trinajstić information content (AvgIpc) is 2.33. The molecule has 0 bridgehead atoms. The highest BCUT2D eigenvalue weighted by molar-refractivity contribution is 5.70. The number of nitrogens with zero attached hydrogens (tertiary/aromatic N) is 1. The van der Waals surface area contributed by atoms with E-state index < -0.39 is 11.3 Å². The van der Waals surface area contributed by atoms with Crippen LogP contribution in [0, 0.1) is 0 Å². The van der Waals surface area contributed by atoms with Crippen molar-refractivity contribution < 1.29 is 14.3 Å². The third kappa shape index (κ3) is 3.25. The number of rotatable bonds is 2. The zero-order chi connectivity index (χ0) is 14.1. The van der Waals surface area contributed by atoms with Crippen LogP contribution in [0.2, 0.25) is 0 Å². The number of amides is 1. The molecule has 4 heteroatoms. The van der Waals surface area contributed by atoms with Gasteiger partial charge in [-0.15, -0.1) is 6.58 Å². The highest BCUT2D eigenvalue weighted by Gasteiger charge is 2.48. The van der Waals surface area contributed by atoms with Gasteiger partial charge in [-0.25, -0.2) is 4.79 Å². The maximum absolute atomic E-state index is 12.3. The summed E-state index contributed by atoms with van der Waals surface area (Å²) in [4.78, 5) is 14.0. The first-order chi connectivity index (χ1) is 8.08. The minimum absolute atomic E-state index is 0.0210. The lowest BCUT2D eigenvalue weighted by Gasteiger charge is -2.34. The minimum atomic E-state index is -0.643. The van der Waals surface area contributed by atoms with E-state index in [-0.39, 0.29) is 18.2 Å². The Bertz CT molecular complexity index is 330. The standard InChI is InChI=1S/C14H25NO3/c1-8-9-11-10(2)17-14(6,7)15(11)12(16)18-13(3,4)5/h8,10-11H,1,9H2,2-7H3/t10-,11-/m0/s1. The monoisotopic (exact) mass is 255 g/mol. The predicted molar refractivity (Wildman–Crippen MR) is 71.3 cm³/mol. The van der Waals surface area contributed by atoms with Crippen molar-refractivity contribution in [2.45, 2.75) is 71.4 Å². The summed E-state index contributed by atoms with van der Waals surface area (Å²) in [7, 11) is 0. The Morgan fingerprint density at radius 3 is 2.50 bits per heavy atom. The summed E-state index contributed by atoms with van der Waals surface area (Å²) >= 11 is 0. The number of hydrogen-bond donors (Lipinski definition) is 0. The molecule has 4 nitrogen and oxygen atoms in total. The summed E-state index contributed by atoms with van der Waals surface area (Å²) in [6, 6.07) is -0.0210. The SMILES string of the molecule is C=CC[C@H]1[C@H](C)OC(C)(C)N1C(=O)OC(C)(C)C. The molecule has 18 heavy (non-hydrogen) atoms. The molecule has 0 radical (unpaired) electrons. The molecule has 0 unspecified atom stereocenters. The lowest BCUT2D eigenvalue weighted by Crippen LogP contribution is -2.50. The molecule has 0 saturated carbocycles. The zero-order valence-electron chi connectivity index (χ0n) is 12.3. The molecule has 1 aliphatic rings. The second-order valence-electron chi connectivity index (χ2n) is 6.21. The molecule has 1 aliphatic heterocycles. The van der Waals surface area contributed by atoms with Crippen molar-refractivity contribution in [3.05, 3.63) is 12.7 Å². The van der Waals surface area contributed by atoms with Gasteiger partial charge in [0.15, 0.2) is 0 Å². The molecule has 1 saturated heterocycles. The summed E-state index contributed by atoms with van der Waals surface area (Å²) in [5.41, 5.74) is -1.15. The molecular weight excluding hydrogens is 230 g/mol. The zero-order valence-corrected chi connectivity index (χ0v) is 12.3. The topological polar surface area (TPSA) is 38.8 Å². The van der Waals surface area contributed by atoms with Crippen molar-refractivity contribution in [2.75, 3.05) is 0 Å². The summed E-state index contributed by atoms with van der Waals surface area (Å²) in [6.45, 7) is 15.1. The van der Waals surface area contributed by atoms with E-state index in [1.54, 1.807) is 4.90 Å². The minimum Gasteiger partial charge on any atom is -0.444 e. The van der Waals surface area contributed by atoms with Crippen molar-refractivity contribution in [1.29, 1.82) is 0 Å². The van der Waals surface area contributed by atoms with Crippen LogP contribution in [0.4, 0.5) is 4.79 Å². The summed E-state index contributed by atoms with van der Waals surface area (Å²) in [6.07, 6.45) is 2.15. The number of ether oxygens (including phenoxy) is 2. The summed E-state index contributed by atoms with van der Waals surface area (Å²) in [5.74, 6) is 0. The molecule has 0 aliphatic carbocycles. The summed E-state index contributed by atoms with van der Waals surface area (Å²) in [5, 5.41) is 0. The van der Waals surface area contributed by atoms with Crippen molar-refractivity contribution >= 4 is 6.09 Å². The van der Waals surface area contributed by atoms with Gasteiger partial charge in [-0.2, -0.15) is 0 Å². The Hall–Kier alpha value is -1.03. The van der Waals surface area contributed by atoms with Gasteiger partial charge >= 0.3 is 6.09 Å². The van der Waals surface area contributed by atoms with Crippen molar-refractivity contribution in [3.63, 3.8) is 0 Å². The number of carbonyl (C=O) groups is 1. The van der Waals surface area contributed by atoms with Gasteiger partial charge in [0.2, 0.25) is 0 Å². The van der Waals surface area contributed by atoms with E-state index in [0.717, 1.165) is 0 Å². The Morgan fingerprint density at radius 2 is 2.06 bits per heavy atom. The van der Waals surface area contributed by atoms with Gasteiger partial charge in [0, 0.05) is 0 Å². The fourth-order valence-corrected chi connectivity index (χ4v) is 2.33. The number of hydrogen-bond acceptors (Lipinski definition) is 3. The normalized spacial score (nSPS) is 27.1. The number of carbonyl (C=O) groups excluding carboxylic acids is 1. The molecule has 1 heterocycles. The lowest BCUT2D eigenvalue weighted by molar-refractivity contribution is -0.0755. The van der Waals surface area contributed by atoms with E-state index in [0.29, 0.717) is 6.42 Å². The molecular formula is C14H25NO3. The van der Waals surface area contributed by atoms with Crippen LogP contribution in [0.5, 0.6) is 0 Å². The van der Waals surface area contributed by atoms with Crippen LogP contribution in [0.15, 0.2) is 12.7 Å². The predicted octanol–water partition coefficient (Wildman–Crippen LogP) is 3.32. The van der Waals surface area contributed by atoms with Gasteiger partial charge in [0.25, 0.3) is 0 Å². The molecule has 0 aromatic rings. The van der Waals surface area contributed by atoms with E-state index in [1.807, 2.05) is 47.6 Å². The first kappa shape index (κ1) is 15.0. The third-order valence-electron chi connectivity index (χ3n) is 2.93. The second kappa shape index (κ2) is 4.92. The molecule has 0 N–H and O–H groups in total. The average molecular weight is 255 g/mol. The molecule has 1 rings (SSSR count). The molecule has 104 valence electrons. The largest absolute Gasteiger partial charge is 0.444 e. The van der Waals surface area contributed by atoms with Gasteiger partial charge in [-0.05, 0) is 48.0 Å². The van der Waals surface area contributed by atoms with Crippen molar-refractivity contribution in [1.82, 2.24) is 4.90 Å². The second-order valence-corrected chi connectivity index (χ2v) is 6.21. The fraction of sp³-hybridized carbons (Fsp3) is 0.786. The lowest BCUT2D eigenvalue weighted by atomic mass is 10.1. The van der Waals surface area contributed by atoms with Crippen molar-refractivity contribution in [3.8, 4) is 0 Å². The van der Waals surface area contributed by atoms with Crippen molar-refractivity contribution in [2.24, 2.45) is 0 Å². The fourth-order valence-electron chi connectivity index (χ4n) is 2.33. The van der Waals surface area contributed by atoms with Gasteiger partial charge in [-0.3, -0.25) is 4.90 Å². The Kier molecular flexibility index (Phi) is 4.11. The van der Waals surface area contributed by atoms with Gasteiger partial charge < -0.3 is 9.47 Å². The molecule has 0 spiro atoms. The smallest absolute Gasteiger partial charge is 0.412 e. The Labute approximate surface area is 110 Å². The van der Waals surface area contributed by atoms with Crippen LogP contribution in [-0.2, 0) is 9.47 Å². The Balaban J connectivity index is 2.93. The maximum atomic E-state index is 12.3. The van der Waals surface area contributed by atoms with E-state index in [9.17, 15) is 4.79 Å².